The number of aliphatic hydroxyl groups excluding tert-OH is 3. The Morgan fingerprint density at radius 3 is 1.48 bits per heavy atom. The number of aliphatic hydroxyl groups is 3. The first kappa shape index (κ1) is 60.1. The number of unbranched alkanes of at least 4 members (excludes halogenated alkanes) is 15. The Bertz CT molecular complexity index is 1530. The quantitative estimate of drug-likeness (QED) is 0.0129. The van der Waals surface area contributed by atoms with Crippen molar-refractivity contribution in [2.75, 3.05) is 13.2 Å². The normalized spacial score (nSPS) is 22.3. The highest BCUT2D eigenvalue weighted by Gasteiger charge is 2.56. The number of phosphoric acid groups is 3. The molecule has 0 aromatic heterocycles. The summed E-state index contributed by atoms with van der Waals surface area (Å²) in [5.41, 5.74) is 0. The molecule has 0 heterocycles. The predicted molar refractivity (Wildman–Crippen MR) is 238 cm³/mol. The van der Waals surface area contributed by atoms with Gasteiger partial charge in [0.25, 0.3) is 0 Å². The Kier molecular flexibility index (Phi) is 32.3. The number of esters is 2. The molecule has 19 nitrogen and oxygen atoms in total. The molecule has 22 heteroatoms. The summed E-state index contributed by atoms with van der Waals surface area (Å²) in [6.45, 7) is 4.35. The van der Waals surface area contributed by atoms with E-state index in [1.54, 1.807) is 0 Å². The van der Waals surface area contributed by atoms with Gasteiger partial charge in [0.15, 0.2) is 6.10 Å². The van der Waals surface area contributed by atoms with Crippen LogP contribution in [0.2, 0.25) is 0 Å². The number of carbonyl (C=O) groups excluding carboxylic acids is 2. The lowest BCUT2D eigenvalue weighted by Crippen LogP contribution is -2.65. The van der Waals surface area contributed by atoms with Crippen molar-refractivity contribution >= 4 is 35.4 Å². The fraction of sp³-hybridized carbons (Fsp3) is 0.762. The van der Waals surface area contributed by atoms with Crippen LogP contribution < -0.4 is 0 Å². The molecule has 0 aromatic carbocycles. The summed E-state index contributed by atoms with van der Waals surface area (Å²) >= 11 is 0. The third-order valence-corrected chi connectivity index (χ3v) is 12.0. The second kappa shape index (κ2) is 34.4. The lowest BCUT2D eigenvalue weighted by molar-refractivity contribution is -0.213. The molecule has 1 fully saturated rings. The summed E-state index contributed by atoms with van der Waals surface area (Å²) in [7, 11) is -16.6. The summed E-state index contributed by atoms with van der Waals surface area (Å²) in [4.78, 5) is 73.0. The summed E-state index contributed by atoms with van der Waals surface area (Å²) in [6.07, 6.45) is 17.7. The molecule has 0 aliphatic heterocycles. The van der Waals surface area contributed by atoms with Crippen LogP contribution in [0.3, 0.4) is 0 Å². The van der Waals surface area contributed by atoms with E-state index in [1.165, 1.54) is 64.2 Å². The van der Waals surface area contributed by atoms with Gasteiger partial charge in [-0.3, -0.25) is 27.7 Å². The van der Waals surface area contributed by atoms with Crippen LogP contribution in [-0.4, -0.2) is 108 Å². The molecule has 0 radical (unpaired) electrons. The molecule has 8 N–H and O–H groups in total. The van der Waals surface area contributed by atoms with E-state index < -0.39 is 91.3 Å². The monoisotopic (exact) mass is 976 g/mol. The second-order valence-corrected chi connectivity index (χ2v) is 19.5. The lowest BCUT2D eigenvalue weighted by Gasteiger charge is -2.44. The molecule has 0 spiro atoms. The predicted octanol–water partition coefficient (Wildman–Crippen LogP) is 7.45. The van der Waals surface area contributed by atoms with Gasteiger partial charge in [0.05, 0.1) is 6.61 Å². The molecule has 0 amide bonds. The Morgan fingerprint density at radius 1 is 0.547 bits per heavy atom. The first-order chi connectivity index (χ1) is 30.3. The van der Waals surface area contributed by atoms with Gasteiger partial charge in [-0.05, 0) is 38.5 Å². The molecule has 1 saturated carbocycles. The van der Waals surface area contributed by atoms with Crippen molar-refractivity contribution in [2.45, 2.75) is 191 Å². The number of ether oxygens (including phenoxy) is 2. The van der Waals surface area contributed by atoms with Crippen LogP contribution in [0.1, 0.15) is 148 Å². The SMILES string of the molecule is C=CC/C=C/C/C=C/C/C=C/CCCC(=O)O[C@H](COC(=O)CCCCCCCCCCCCCCCCC)COP(=O)(O)O[C@@H]1[C@H](O)[C@H](O)[C@@H](OP(=O)(O)O)[C@H](OP(=O)(O)O)[C@H]1O. The van der Waals surface area contributed by atoms with E-state index in [0.29, 0.717) is 25.7 Å². The molecule has 1 aliphatic rings. The van der Waals surface area contributed by atoms with Crippen LogP contribution in [0, 0.1) is 0 Å². The summed E-state index contributed by atoms with van der Waals surface area (Å²) in [5, 5.41) is 31.8. The maximum atomic E-state index is 13.1. The number of rotatable bonds is 38. The van der Waals surface area contributed by atoms with Gasteiger partial charge in [0.1, 0.15) is 43.2 Å². The van der Waals surface area contributed by atoms with E-state index in [2.05, 4.69) is 22.6 Å². The van der Waals surface area contributed by atoms with Crippen molar-refractivity contribution in [2.24, 2.45) is 0 Å². The number of hydrogen-bond acceptors (Lipinski definition) is 14. The standard InChI is InChI=1S/C42H75O19P3/c1-3-5-7-9-11-13-15-17-18-19-21-22-24-26-28-30-35(43)56-32-34(58-36(44)31-29-27-25-23-20-16-14-12-10-8-6-4-2)33-57-64(54,55)61-40-37(45)38(46)41(59-62(48,49)50)42(39(40)47)60-63(51,52)53/h4,8,10,14,16,23,25,34,37-42,45-47H,2-3,5-7,9,11-13,15,17-22,24,26-33H2,1H3,(H,54,55)(H2,48,49,50)(H2,51,52,53)/b10-8+,16-14+,25-23+/t34-,37-,38+,39+,40-,41-,42-/m1/s1. The Labute approximate surface area is 378 Å². The molecule has 0 bridgehead atoms. The van der Waals surface area contributed by atoms with Gasteiger partial charge in [0, 0.05) is 12.8 Å². The zero-order valence-electron chi connectivity index (χ0n) is 37.2. The van der Waals surface area contributed by atoms with Gasteiger partial charge < -0.3 is 49.3 Å². The van der Waals surface area contributed by atoms with Crippen LogP contribution in [0.4, 0.5) is 0 Å². The van der Waals surface area contributed by atoms with E-state index in [0.717, 1.165) is 38.5 Å². The minimum atomic E-state index is -5.60. The van der Waals surface area contributed by atoms with E-state index in [1.807, 2.05) is 42.5 Å². The van der Waals surface area contributed by atoms with Crippen LogP contribution in [0.25, 0.3) is 0 Å². The van der Waals surface area contributed by atoms with Gasteiger partial charge in [-0.25, -0.2) is 13.7 Å². The topological polar surface area (TPSA) is 303 Å². The number of allylic oxidation sites excluding steroid dienone is 7. The third kappa shape index (κ3) is 30.4. The van der Waals surface area contributed by atoms with Crippen LogP contribution in [0.5, 0.6) is 0 Å². The molecule has 0 aromatic rings. The molecule has 0 saturated heterocycles. The van der Waals surface area contributed by atoms with Crippen molar-refractivity contribution in [3.63, 3.8) is 0 Å². The highest BCUT2D eigenvalue weighted by Crippen LogP contribution is 2.51. The Hall–Kier alpha value is -1.89. The van der Waals surface area contributed by atoms with Gasteiger partial charge in [-0.2, -0.15) is 0 Å². The molecule has 64 heavy (non-hydrogen) atoms. The average Bonchev–Trinajstić information content (AvgIpc) is 3.22. The number of phosphoric ester groups is 3. The summed E-state index contributed by atoms with van der Waals surface area (Å²) in [6, 6.07) is 0. The minimum Gasteiger partial charge on any atom is -0.462 e. The zero-order chi connectivity index (χ0) is 47.9. The largest absolute Gasteiger partial charge is 0.472 e. The third-order valence-electron chi connectivity index (χ3n) is 10.0. The fourth-order valence-electron chi connectivity index (χ4n) is 6.69. The second-order valence-electron chi connectivity index (χ2n) is 15.7. The van der Waals surface area contributed by atoms with Crippen molar-refractivity contribution in [3.8, 4) is 0 Å². The van der Waals surface area contributed by atoms with Crippen LogP contribution in [0.15, 0.2) is 49.1 Å². The van der Waals surface area contributed by atoms with Gasteiger partial charge in [-0.15, -0.1) is 6.58 Å². The maximum Gasteiger partial charge on any atom is 0.472 e. The fourth-order valence-corrected chi connectivity index (χ4v) is 8.79. The summed E-state index contributed by atoms with van der Waals surface area (Å²) < 4.78 is 65.2. The highest BCUT2D eigenvalue weighted by molar-refractivity contribution is 7.47. The Morgan fingerprint density at radius 2 is 0.984 bits per heavy atom. The molecule has 372 valence electrons. The smallest absolute Gasteiger partial charge is 0.462 e. The van der Waals surface area contributed by atoms with Crippen LogP contribution >= 0.6 is 23.5 Å². The number of carbonyl (C=O) groups is 2. The van der Waals surface area contributed by atoms with E-state index >= 15 is 0 Å². The first-order valence-electron chi connectivity index (χ1n) is 22.4. The first-order valence-corrected chi connectivity index (χ1v) is 26.9. The molecule has 1 aliphatic carbocycles. The Balaban J connectivity index is 2.78. The van der Waals surface area contributed by atoms with E-state index in [4.69, 9.17) is 18.5 Å². The summed E-state index contributed by atoms with van der Waals surface area (Å²) in [5.74, 6) is -1.37. The van der Waals surface area contributed by atoms with Gasteiger partial charge in [0.2, 0.25) is 0 Å². The van der Waals surface area contributed by atoms with Crippen molar-refractivity contribution < 1.29 is 90.6 Å². The van der Waals surface area contributed by atoms with Crippen molar-refractivity contribution in [1.82, 2.24) is 0 Å². The van der Waals surface area contributed by atoms with Gasteiger partial charge >= 0.3 is 35.4 Å². The molecule has 1 unspecified atom stereocenters. The van der Waals surface area contributed by atoms with E-state index in [9.17, 15) is 63.1 Å². The molecule has 1 rings (SSSR count). The molecule has 8 atom stereocenters. The maximum absolute atomic E-state index is 13.1. The molecular weight excluding hydrogens is 901 g/mol. The lowest BCUT2D eigenvalue weighted by atomic mass is 9.85. The average molecular weight is 977 g/mol. The number of hydrogen-bond donors (Lipinski definition) is 8. The van der Waals surface area contributed by atoms with Crippen molar-refractivity contribution in [1.29, 1.82) is 0 Å². The minimum absolute atomic E-state index is 0.0687. The van der Waals surface area contributed by atoms with Gasteiger partial charge in [-0.1, -0.05) is 139 Å². The van der Waals surface area contributed by atoms with Crippen LogP contribution in [-0.2, 0) is 50.9 Å². The van der Waals surface area contributed by atoms with Crippen molar-refractivity contribution in [3.05, 3.63) is 49.1 Å². The zero-order valence-corrected chi connectivity index (χ0v) is 39.9. The van der Waals surface area contributed by atoms with E-state index in [-0.39, 0.29) is 12.8 Å². The highest BCUT2D eigenvalue weighted by atomic mass is 31.2. The molecular formula is C42H75O19P3.